The molecule has 172 valence electrons. The number of para-hydroxylation sites is 1. The SMILES string of the molecule is CCCCCCOc1ccc(Br)cc1C(=O)Nc1ccccc1C(=O)NCC1CCCO1. The van der Waals surface area contributed by atoms with E-state index in [1.807, 2.05) is 6.07 Å². The lowest BCUT2D eigenvalue weighted by molar-refractivity contribution is 0.0858. The van der Waals surface area contributed by atoms with Crippen molar-refractivity contribution in [3.8, 4) is 5.75 Å². The van der Waals surface area contributed by atoms with Crippen molar-refractivity contribution in [2.75, 3.05) is 25.1 Å². The van der Waals surface area contributed by atoms with Gasteiger partial charge in [0.05, 0.1) is 29.5 Å². The second-order valence-corrected chi connectivity index (χ2v) is 8.81. The molecular weight excluding hydrogens is 472 g/mol. The second kappa shape index (κ2) is 12.6. The third-order valence-corrected chi connectivity index (χ3v) is 5.87. The van der Waals surface area contributed by atoms with Crippen molar-refractivity contribution >= 4 is 33.4 Å². The number of carbonyl (C=O) groups excluding carboxylic acids is 2. The summed E-state index contributed by atoms with van der Waals surface area (Å²) in [5.74, 6) is -0.0326. The Bertz CT molecular complexity index is 913. The molecule has 1 heterocycles. The lowest BCUT2D eigenvalue weighted by atomic mass is 10.1. The molecule has 6 nitrogen and oxygen atoms in total. The number of halogens is 1. The molecule has 0 spiro atoms. The van der Waals surface area contributed by atoms with Crippen LogP contribution in [-0.2, 0) is 4.74 Å². The standard InChI is InChI=1S/C25H31BrN2O4/c1-2-3-4-7-14-32-23-13-12-18(26)16-21(23)25(30)28-22-11-6-5-10-20(22)24(29)27-17-19-9-8-15-31-19/h5-6,10-13,16,19H,2-4,7-9,14-15,17H2,1H3,(H,27,29)(H,28,30). The number of nitrogens with one attached hydrogen (secondary N) is 2. The molecule has 2 amide bonds. The average Bonchev–Trinajstić information content (AvgIpc) is 3.32. The van der Waals surface area contributed by atoms with Gasteiger partial charge in [0.25, 0.3) is 11.8 Å². The number of hydrogen-bond acceptors (Lipinski definition) is 4. The van der Waals surface area contributed by atoms with E-state index in [4.69, 9.17) is 9.47 Å². The Hall–Kier alpha value is -2.38. The molecule has 0 bridgehead atoms. The number of amides is 2. The summed E-state index contributed by atoms with van der Waals surface area (Å²) in [7, 11) is 0. The van der Waals surface area contributed by atoms with Crippen LogP contribution < -0.4 is 15.4 Å². The summed E-state index contributed by atoms with van der Waals surface area (Å²) >= 11 is 3.43. The van der Waals surface area contributed by atoms with E-state index in [1.165, 1.54) is 6.42 Å². The summed E-state index contributed by atoms with van der Waals surface area (Å²) < 4.78 is 12.2. The second-order valence-electron chi connectivity index (χ2n) is 7.89. The van der Waals surface area contributed by atoms with Gasteiger partial charge >= 0.3 is 0 Å². The fourth-order valence-electron chi connectivity index (χ4n) is 3.60. The van der Waals surface area contributed by atoms with Crippen LogP contribution in [0.15, 0.2) is 46.9 Å². The number of rotatable bonds is 11. The van der Waals surface area contributed by atoms with Crippen molar-refractivity contribution in [3.63, 3.8) is 0 Å². The first kappa shape index (κ1) is 24.3. The monoisotopic (exact) mass is 502 g/mol. The van der Waals surface area contributed by atoms with Gasteiger partial charge in [-0.1, -0.05) is 54.2 Å². The molecule has 3 rings (SSSR count). The Balaban J connectivity index is 1.67. The molecular formula is C25H31BrN2O4. The zero-order chi connectivity index (χ0) is 22.8. The van der Waals surface area contributed by atoms with Gasteiger partial charge in [0.1, 0.15) is 5.75 Å². The molecule has 1 unspecified atom stereocenters. The molecule has 0 aliphatic carbocycles. The normalized spacial score (nSPS) is 15.4. The smallest absolute Gasteiger partial charge is 0.259 e. The van der Waals surface area contributed by atoms with Crippen LogP contribution in [0.25, 0.3) is 0 Å². The van der Waals surface area contributed by atoms with Gasteiger partial charge in [0, 0.05) is 17.6 Å². The Morgan fingerprint density at radius 1 is 1.09 bits per heavy atom. The predicted octanol–water partition coefficient (Wildman–Crippen LogP) is 5.57. The molecule has 2 aromatic rings. The minimum absolute atomic E-state index is 0.0550. The number of unbranched alkanes of at least 4 members (excludes halogenated alkanes) is 3. The van der Waals surface area contributed by atoms with E-state index in [-0.39, 0.29) is 17.9 Å². The van der Waals surface area contributed by atoms with E-state index in [0.717, 1.165) is 43.2 Å². The van der Waals surface area contributed by atoms with Crippen LogP contribution in [0, 0.1) is 0 Å². The number of anilines is 1. The van der Waals surface area contributed by atoms with Crippen LogP contribution in [0.4, 0.5) is 5.69 Å². The fraction of sp³-hybridized carbons (Fsp3) is 0.440. The Morgan fingerprint density at radius 2 is 1.94 bits per heavy atom. The van der Waals surface area contributed by atoms with Crippen molar-refractivity contribution in [2.24, 2.45) is 0 Å². The summed E-state index contributed by atoms with van der Waals surface area (Å²) in [5, 5.41) is 5.79. The van der Waals surface area contributed by atoms with Crippen LogP contribution in [0.2, 0.25) is 0 Å². The highest BCUT2D eigenvalue weighted by Crippen LogP contribution is 2.26. The third kappa shape index (κ3) is 7.07. The maximum absolute atomic E-state index is 13.1. The molecule has 1 aliphatic rings. The lowest BCUT2D eigenvalue weighted by Gasteiger charge is -2.15. The molecule has 0 aromatic heterocycles. The van der Waals surface area contributed by atoms with Crippen LogP contribution in [-0.4, -0.2) is 37.7 Å². The van der Waals surface area contributed by atoms with Crippen LogP contribution in [0.5, 0.6) is 5.75 Å². The van der Waals surface area contributed by atoms with Gasteiger partial charge in [0.15, 0.2) is 0 Å². The van der Waals surface area contributed by atoms with Gasteiger partial charge in [-0.05, 0) is 49.6 Å². The Labute approximate surface area is 198 Å². The summed E-state index contributed by atoms with van der Waals surface area (Å²) in [6, 6.07) is 12.4. The van der Waals surface area contributed by atoms with Crippen molar-refractivity contribution in [1.82, 2.24) is 5.32 Å². The van der Waals surface area contributed by atoms with Gasteiger partial charge in [0.2, 0.25) is 0 Å². The lowest BCUT2D eigenvalue weighted by Crippen LogP contribution is -2.32. The third-order valence-electron chi connectivity index (χ3n) is 5.38. The first-order valence-corrected chi connectivity index (χ1v) is 12.1. The van der Waals surface area contributed by atoms with Gasteiger partial charge in [-0.25, -0.2) is 0 Å². The van der Waals surface area contributed by atoms with E-state index in [0.29, 0.717) is 35.7 Å². The average molecular weight is 503 g/mol. The zero-order valence-electron chi connectivity index (χ0n) is 18.5. The van der Waals surface area contributed by atoms with E-state index >= 15 is 0 Å². The van der Waals surface area contributed by atoms with E-state index in [1.54, 1.807) is 36.4 Å². The number of hydrogen-bond donors (Lipinski definition) is 2. The molecule has 2 aromatic carbocycles. The van der Waals surface area contributed by atoms with Crippen LogP contribution in [0.1, 0.15) is 66.2 Å². The summed E-state index contributed by atoms with van der Waals surface area (Å²) in [6.07, 6.45) is 6.39. The number of carbonyl (C=O) groups is 2. The topological polar surface area (TPSA) is 76.7 Å². The predicted molar refractivity (Wildman–Crippen MR) is 129 cm³/mol. The zero-order valence-corrected chi connectivity index (χ0v) is 20.1. The molecule has 1 saturated heterocycles. The minimum Gasteiger partial charge on any atom is -0.493 e. The van der Waals surface area contributed by atoms with Crippen molar-refractivity contribution in [1.29, 1.82) is 0 Å². The van der Waals surface area contributed by atoms with Gasteiger partial charge in [-0.15, -0.1) is 0 Å². The van der Waals surface area contributed by atoms with Crippen LogP contribution in [0.3, 0.4) is 0 Å². The van der Waals surface area contributed by atoms with Crippen molar-refractivity contribution in [3.05, 3.63) is 58.1 Å². The molecule has 1 atom stereocenters. The number of benzene rings is 2. The quantitative estimate of drug-likeness (QED) is 0.393. The highest BCUT2D eigenvalue weighted by molar-refractivity contribution is 9.10. The Morgan fingerprint density at radius 3 is 2.72 bits per heavy atom. The number of ether oxygens (including phenoxy) is 2. The van der Waals surface area contributed by atoms with Gasteiger partial charge < -0.3 is 20.1 Å². The first-order chi connectivity index (χ1) is 15.6. The summed E-state index contributed by atoms with van der Waals surface area (Å²) in [4.78, 5) is 25.8. The summed E-state index contributed by atoms with van der Waals surface area (Å²) in [6.45, 7) is 3.92. The highest BCUT2D eigenvalue weighted by atomic mass is 79.9. The molecule has 32 heavy (non-hydrogen) atoms. The van der Waals surface area contributed by atoms with Crippen molar-refractivity contribution < 1.29 is 19.1 Å². The van der Waals surface area contributed by atoms with Crippen molar-refractivity contribution in [2.45, 2.75) is 51.6 Å². The molecule has 0 saturated carbocycles. The molecule has 2 N–H and O–H groups in total. The highest BCUT2D eigenvalue weighted by Gasteiger charge is 2.20. The molecule has 1 aliphatic heterocycles. The molecule has 0 radical (unpaired) electrons. The first-order valence-electron chi connectivity index (χ1n) is 11.3. The van der Waals surface area contributed by atoms with E-state index in [9.17, 15) is 9.59 Å². The molecule has 7 heteroatoms. The molecule has 1 fully saturated rings. The fourth-order valence-corrected chi connectivity index (χ4v) is 3.96. The maximum Gasteiger partial charge on any atom is 0.259 e. The Kier molecular flexibility index (Phi) is 9.56. The largest absolute Gasteiger partial charge is 0.493 e. The minimum atomic E-state index is -0.325. The van der Waals surface area contributed by atoms with Crippen LogP contribution >= 0.6 is 15.9 Å². The van der Waals surface area contributed by atoms with Gasteiger partial charge in [-0.2, -0.15) is 0 Å². The maximum atomic E-state index is 13.1. The summed E-state index contributed by atoms with van der Waals surface area (Å²) in [5.41, 5.74) is 1.29. The van der Waals surface area contributed by atoms with E-state index in [2.05, 4.69) is 33.5 Å². The van der Waals surface area contributed by atoms with Gasteiger partial charge in [-0.3, -0.25) is 9.59 Å². The van der Waals surface area contributed by atoms with E-state index < -0.39 is 0 Å².